The number of ether oxygens (including phenoxy) is 2. The lowest BCUT2D eigenvalue weighted by molar-refractivity contribution is -0.127. The molecule has 37 heavy (non-hydrogen) atoms. The number of thiophene rings is 1. The number of carbonyl (C=O) groups is 3. The molecule has 0 aliphatic heterocycles. The van der Waals surface area contributed by atoms with Crippen molar-refractivity contribution in [3.05, 3.63) is 75.4 Å². The van der Waals surface area contributed by atoms with Gasteiger partial charge in [0.25, 0.3) is 5.91 Å². The normalized spacial score (nSPS) is 11.8. The van der Waals surface area contributed by atoms with Gasteiger partial charge in [-0.15, -0.1) is 11.3 Å². The quantitative estimate of drug-likeness (QED) is 0.402. The van der Waals surface area contributed by atoms with E-state index in [1.165, 1.54) is 30.5 Å². The van der Waals surface area contributed by atoms with Crippen molar-refractivity contribution in [2.75, 3.05) is 25.7 Å². The summed E-state index contributed by atoms with van der Waals surface area (Å²) in [5.74, 6) is -0.423. The molecule has 8 nitrogen and oxygen atoms in total. The van der Waals surface area contributed by atoms with E-state index in [1.807, 2.05) is 20.8 Å². The van der Waals surface area contributed by atoms with Gasteiger partial charge in [0.05, 0.1) is 25.6 Å². The van der Waals surface area contributed by atoms with E-state index in [4.69, 9.17) is 21.1 Å². The van der Waals surface area contributed by atoms with Gasteiger partial charge in [-0.25, -0.2) is 0 Å². The Kier molecular flexibility index (Phi) is 9.18. The average molecular weight is 544 g/mol. The van der Waals surface area contributed by atoms with Crippen LogP contribution >= 0.6 is 22.9 Å². The highest BCUT2D eigenvalue weighted by atomic mass is 35.5. The Morgan fingerprint density at radius 3 is 2.32 bits per heavy atom. The number of nitrogens with one attached hydrogen (secondary N) is 2. The number of carbonyl (C=O) groups excluding carboxylic acids is 3. The van der Waals surface area contributed by atoms with Crippen molar-refractivity contribution in [3.8, 4) is 11.5 Å². The molecule has 0 unspecified atom stereocenters. The van der Waals surface area contributed by atoms with Crippen molar-refractivity contribution in [2.45, 2.75) is 32.4 Å². The van der Waals surface area contributed by atoms with Gasteiger partial charge in [0.15, 0.2) is 11.5 Å². The van der Waals surface area contributed by atoms with Gasteiger partial charge >= 0.3 is 0 Å². The minimum Gasteiger partial charge on any atom is -0.493 e. The molecule has 1 atom stereocenters. The summed E-state index contributed by atoms with van der Waals surface area (Å²) < 4.78 is 10.8. The van der Waals surface area contributed by atoms with E-state index in [1.54, 1.807) is 60.0 Å². The molecule has 3 rings (SSSR count). The molecule has 1 aromatic heterocycles. The molecular weight excluding hydrogens is 514 g/mol. The third-order valence-electron chi connectivity index (χ3n) is 5.23. The van der Waals surface area contributed by atoms with Gasteiger partial charge in [-0.05, 0) is 68.1 Å². The van der Waals surface area contributed by atoms with Gasteiger partial charge < -0.3 is 20.1 Å². The first-order valence-corrected chi connectivity index (χ1v) is 12.7. The van der Waals surface area contributed by atoms with E-state index in [-0.39, 0.29) is 12.5 Å². The minimum atomic E-state index is -1.11. The summed E-state index contributed by atoms with van der Waals surface area (Å²) in [5, 5.41) is 7.79. The van der Waals surface area contributed by atoms with Crippen molar-refractivity contribution in [2.24, 2.45) is 0 Å². The Hall–Kier alpha value is -3.56. The number of methoxy groups -OCH3 is 2. The lowest BCUT2D eigenvalue weighted by Gasteiger charge is -2.34. The minimum absolute atomic E-state index is 0.337. The maximum Gasteiger partial charge on any atom is 0.261 e. The topological polar surface area (TPSA) is 97.0 Å². The molecule has 3 aromatic rings. The first-order valence-electron chi connectivity index (χ1n) is 11.5. The first kappa shape index (κ1) is 28.0. The second-order valence-corrected chi connectivity index (χ2v) is 10.5. The number of hydrogen-bond acceptors (Lipinski definition) is 6. The molecule has 0 aliphatic rings. The Labute approximate surface area is 225 Å². The van der Waals surface area contributed by atoms with E-state index in [0.717, 1.165) is 0 Å². The Bertz CT molecular complexity index is 1260. The summed E-state index contributed by atoms with van der Waals surface area (Å²) in [6.07, 6.45) is 0. The molecule has 0 aliphatic carbocycles. The van der Waals surface area contributed by atoms with Gasteiger partial charge in [0.2, 0.25) is 11.8 Å². The molecule has 3 amide bonds. The molecule has 1 heterocycles. The third-order valence-corrected chi connectivity index (χ3v) is 6.33. The van der Waals surface area contributed by atoms with E-state index in [0.29, 0.717) is 32.6 Å². The molecular formula is C27H30ClN3O5S. The Morgan fingerprint density at radius 1 is 1.00 bits per heavy atom. The molecule has 10 heteroatoms. The van der Waals surface area contributed by atoms with Crippen LogP contribution in [0, 0.1) is 0 Å². The van der Waals surface area contributed by atoms with E-state index in [9.17, 15) is 14.4 Å². The van der Waals surface area contributed by atoms with Crippen molar-refractivity contribution in [1.82, 2.24) is 10.6 Å². The van der Waals surface area contributed by atoms with Crippen LogP contribution in [0.2, 0.25) is 5.02 Å². The zero-order valence-corrected chi connectivity index (χ0v) is 22.9. The first-order chi connectivity index (χ1) is 17.5. The maximum atomic E-state index is 13.7. The van der Waals surface area contributed by atoms with Crippen molar-refractivity contribution < 1.29 is 23.9 Å². The number of halogens is 1. The predicted octanol–water partition coefficient (Wildman–Crippen LogP) is 4.84. The molecule has 0 fully saturated rings. The number of rotatable bonds is 9. The predicted molar refractivity (Wildman–Crippen MR) is 146 cm³/mol. The SMILES string of the molecule is COc1ccc([C@@H](C(=O)NC(C)(C)C)N(C(=O)CNC(=O)c2cccs2)c2cccc(Cl)c2)cc1OC. The number of benzene rings is 2. The van der Waals surface area contributed by atoms with Crippen molar-refractivity contribution >= 4 is 46.3 Å². The number of hydrogen-bond donors (Lipinski definition) is 2. The van der Waals surface area contributed by atoms with Gasteiger partial charge in [-0.2, -0.15) is 0 Å². The van der Waals surface area contributed by atoms with Crippen LogP contribution in [0.1, 0.15) is 42.0 Å². The Balaban J connectivity index is 2.09. The van der Waals surface area contributed by atoms with Crippen LogP contribution in [-0.2, 0) is 9.59 Å². The molecule has 0 bridgehead atoms. The maximum absolute atomic E-state index is 13.7. The third kappa shape index (κ3) is 7.24. The fourth-order valence-electron chi connectivity index (χ4n) is 3.68. The lowest BCUT2D eigenvalue weighted by atomic mass is 10.00. The molecule has 0 saturated heterocycles. The van der Waals surface area contributed by atoms with Crippen molar-refractivity contribution in [1.29, 1.82) is 0 Å². The second kappa shape index (κ2) is 12.1. The van der Waals surface area contributed by atoms with Crippen LogP contribution in [0.5, 0.6) is 11.5 Å². The molecule has 0 spiro atoms. The summed E-state index contributed by atoms with van der Waals surface area (Å²) in [6.45, 7) is 5.21. The average Bonchev–Trinajstić information content (AvgIpc) is 3.39. The van der Waals surface area contributed by atoms with Crippen LogP contribution < -0.4 is 25.0 Å². The van der Waals surface area contributed by atoms with Crippen molar-refractivity contribution in [3.63, 3.8) is 0 Å². The van der Waals surface area contributed by atoms with Crippen LogP contribution in [-0.4, -0.2) is 44.0 Å². The van der Waals surface area contributed by atoms with Gasteiger partial charge in [0.1, 0.15) is 6.04 Å². The molecule has 2 N–H and O–H groups in total. The summed E-state index contributed by atoms with van der Waals surface area (Å²) in [6, 6.07) is 14.0. The molecule has 0 radical (unpaired) electrons. The summed E-state index contributed by atoms with van der Waals surface area (Å²) in [4.78, 5) is 41.8. The number of nitrogens with zero attached hydrogens (tertiary/aromatic N) is 1. The fraction of sp³-hybridized carbons (Fsp3) is 0.296. The van der Waals surface area contributed by atoms with E-state index in [2.05, 4.69) is 10.6 Å². The molecule has 0 saturated carbocycles. The van der Waals surface area contributed by atoms with Gasteiger partial charge in [-0.3, -0.25) is 19.3 Å². The van der Waals surface area contributed by atoms with Crippen LogP contribution in [0.15, 0.2) is 60.0 Å². The number of amides is 3. The van der Waals surface area contributed by atoms with E-state index >= 15 is 0 Å². The number of anilines is 1. The van der Waals surface area contributed by atoms with Crippen LogP contribution in [0.25, 0.3) is 0 Å². The summed E-state index contributed by atoms with van der Waals surface area (Å²) in [7, 11) is 3.01. The Morgan fingerprint density at radius 2 is 1.73 bits per heavy atom. The smallest absolute Gasteiger partial charge is 0.261 e. The van der Waals surface area contributed by atoms with Gasteiger partial charge in [0, 0.05) is 16.2 Å². The highest BCUT2D eigenvalue weighted by Gasteiger charge is 2.35. The lowest BCUT2D eigenvalue weighted by Crippen LogP contribution is -2.51. The largest absolute Gasteiger partial charge is 0.493 e. The summed E-state index contributed by atoms with van der Waals surface area (Å²) >= 11 is 7.54. The summed E-state index contributed by atoms with van der Waals surface area (Å²) in [5.41, 5.74) is 0.298. The van der Waals surface area contributed by atoms with Crippen LogP contribution in [0.3, 0.4) is 0 Å². The highest BCUT2D eigenvalue weighted by molar-refractivity contribution is 7.12. The second-order valence-electron chi connectivity index (χ2n) is 9.16. The molecule has 2 aromatic carbocycles. The standard InChI is InChI=1S/C27H30ClN3O5S/c1-27(2,3)30-26(34)24(17-11-12-20(35-4)21(14-17)36-5)31(19-9-6-8-18(28)15-19)23(32)16-29-25(33)22-10-7-13-37-22/h6-15,24H,16H2,1-5H3,(H,29,33)(H,30,34)/t24-/m0/s1. The monoisotopic (exact) mass is 543 g/mol. The van der Waals surface area contributed by atoms with E-state index < -0.39 is 23.4 Å². The highest BCUT2D eigenvalue weighted by Crippen LogP contribution is 2.35. The van der Waals surface area contributed by atoms with Gasteiger partial charge in [-0.1, -0.05) is 29.8 Å². The zero-order chi connectivity index (χ0) is 27.2. The van der Waals surface area contributed by atoms with Crippen LogP contribution in [0.4, 0.5) is 5.69 Å². The fourth-order valence-corrected chi connectivity index (χ4v) is 4.50. The molecule has 196 valence electrons. The zero-order valence-electron chi connectivity index (χ0n) is 21.3.